The summed E-state index contributed by atoms with van der Waals surface area (Å²) < 4.78 is 5.48. The van der Waals surface area contributed by atoms with E-state index < -0.39 is 0 Å². The van der Waals surface area contributed by atoms with E-state index in [1.54, 1.807) is 6.20 Å². The van der Waals surface area contributed by atoms with Crippen LogP contribution in [0.1, 0.15) is 59.6 Å². The van der Waals surface area contributed by atoms with Crippen LogP contribution in [0.15, 0.2) is 66.4 Å². The molecule has 0 atom stereocenters. The molecule has 3 rings (SSSR count). The highest BCUT2D eigenvalue weighted by atomic mass is 35.5. The molecule has 6 heteroatoms. The first-order valence-electron chi connectivity index (χ1n) is 12.1. The zero-order valence-electron chi connectivity index (χ0n) is 22.3. The van der Waals surface area contributed by atoms with E-state index in [2.05, 4.69) is 41.4 Å². The topological polar surface area (TPSA) is 78.4 Å². The molecule has 0 amide bonds. The molecular weight excluding hydrogens is 460 g/mol. The summed E-state index contributed by atoms with van der Waals surface area (Å²) in [5.74, 6) is 0.776. The molecule has 2 aromatic carbocycles. The number of nitrogens with zero attached hydrogens (tertiary/aromatic N) is 1. The predicted octanol–water partition coefficient (Wildman–Crippen LogP) is 8.65. The maximum absolute atomic E-state index is 9.65. The number of rotatable bonds is 6. The van der Waals surface area contributed by atoms with Crippen LogP contribution in [0.25, 0.3) is 11.3 Å². The average Bonchev–Trinajstić information content (AvgIpc) is 3.29. The molecule has 5 nitrogen and oxygen atoms in total. The Bertz CT molecular complexity index is 1060. The number of aromatic nitrogens is 2. The fourth-order valence-corrected chi connectivity index (χ4v) is 3.09. The average molecular weight is 501 g/mol. The Morgan fingerprint density at radius 1 is 1.09 bits per heavy atom. The van der Waals surface area contributed by atoms with Crippen LogP contribution in [0, 0.1) is 6.92 Å². The Balaban J connectivity index is 0.000000579. The summed E-state index contributed by atoms with van der Waals surface area (Å²) in [6, 6.07) is 11.0. The van der Waals surface area contributed by atoms with E-state index in [0.29, 0.717) is 11.3 Å². The van der Waals surface area contributed by atoms with Crippen molar-refractivity contribution in [2.24, 2.45) is 0 Å². The number of halogens is 1. The number of allylic oxidation sites excluding steroid dienone is 4. The van der Waals surface area contributed by atoms with Gasteiger partial charge in [-0.05, 0) is 63.4 Å². The van der Waals surface area contributed by atoms with Crippen LogP contribution in [0.2, 0.25) is 5.02 Å². The van der Waals surface area contributed by atoms with Gasteiger partial charge in [-0.2, -0.15) is 5.10 Å². The molecule has 0 saturated carbocycles. The number of benzene rings is 2. The lowest BCUT2D eigenvalue weighted by Gasteiger charge is -2.06. The second-order valence-corrected chi connectivity index (χ2v) is 7.45. The van der Waals surface area contributed by atoms with Gasteiger partial charge in [-0.3, -0.25) is 5.10 Å². The van der Waals surface area contributed by atoms with E-state index in [-0.39, 0.29) is 16.5 Å². The first-order valence-corrected chi connectivity index (χ1v) is 12.5. The summed E-state index contributed by atoms with van der Waals surface area (Å²) in [7, 11) is 0. The molecule has 0 aliphatic carbocycles. The van der Waals surface area contributed by atoms with Gasteiger partial charge in [-0.25, -0.2) is 0 Å². The lowest BCUT2D eigenvalue weighted by molar-refractivity contribution is 0.340. The third-order valence-corrected chi connectivity index (χ3v) is 4.73. The first-order chi connectivity index (χ1) is 16.8. The number of aryl methyl sites for hydroxylation is 1. The van der Waals surface area contributed by atoms with Crippen LogP contribution in [0.4, 0.5) is 0 Å². The third-order valence-electron chi connectivity index (χ3n) is 4.43. The lowest BCUT2D eigenvalue weighted by atomic mass is 10.1. The highest BCUT2D eigenvalue weighted by Gasteiger charge is 2.12. The Labute approximate surface area is 216 Å². The molecule has 3 N–H and O–H groups in total. The zero-order valence-corrected chi connectivity index (χ0v) is 23.1. The highest BCUT2D eigenvalue weighted by Crippen LogP contribution is 2.37. The first kappa shape index (κ1) is 31.8. The van der Waals surface area contributed by atoms with E-state index in [1.807, 2.05) is 66.7 Å². The fraction of sp³-hybridized carbons (Fsp3) is 0.345. The summed E-state index contributed by atoms with van der Waals surface area (Å²) in [6.07, 6.45) is 8.88. The number of hydrogen-bond donors (Lipinski definition) is 3. The molecule has 192 valence electrons. The van der Waals surface area contributed by atoms with Crippen molar-refractivity contribution >= 4 is 11.6 Å². The minimum atomic E-state index is -0.143. The molecule has 0 aliphatic heterocycles. The maximum Gasteiger partial charge on any atom is 0.137 e. The molecule has 35 heavy (non-hydrogen) atoms. The van der Waals surface area contributed by atoms with Crippen LogP contribution >= 0.6 is 11.6 Å². The van der Waals surface area contributed by atoms with Crippen LogP contribution in [-0.4, -0.2) is 27.0 Å². The monoisotopic (exact) mass is 500 g/mol. The summed E-state index contributed by atoms with van der Waals surface area (Å²) in [5, 5.41) is 25.7. The molecule has 0 bridgehead atoms. The molecule has 1 heterocycles. The normalized spacial score (nSPS) is 10.4. The van der Waals surface area contributed by atoms with Crippen molar-refractivity contribution in [1.29, 1.82) is 0 Å². The largest absolute Gasteiger partial charge is 0.507 e. The van der Waals surface area contributed by atoms with Crippen LogP contribution in [0.3, 0.4) is 0 Å². The number of aromatic amines is 1. The number of ether oxygens (including phenoxy) is 1. The van der Waals surface area contributed by atoms with Crippen molar-refractivity contribution in [2.45, 2.75) is 61.8 Å². The standard InChI is InChI=1S/C15H20O.C10H9ClN2O2.2C2H6/c1-4-6-8-13(3)11-14-9-7-10-15(12-14)16-5-2;1-5-4-12-13-10(5)6-2-7(11)9(15)3-8(6)14;2*1-2/h4,6-10,12H,5,11H2,1-3H3;2-4,14-15H,1H3,(H,12,13);2*1-2H3/b6-4-,13-8+;;;. The van der Waals surface area contributed by atoms with Gasteiger partial charge in [0.2, 0.25) is 0 Å². The number of H-pyrrole nitrogens is 1. The second kappa shape index (κ2) is 18.2. The number of phenolic OH excluding ortho intramolecular Hbond substituents is 2. The molecule has 0 fully saturated rings. The van der Waals surface area contributed by atoms with Gasteiger partial charge in [0.05, 0.1) is 23.5 Å². The number of phenols is 2. The van der Waals surface area contributed by atoms with Crippen molar-refractivity contribution in [3.05, 3.63) is 82.5 Å². The van der Waals surface area contributed by atoms with Gasteiger partial charge in [0.1, 0.15) is 17.2 Å². The van der Waals surface area contributed by atoms with Crippen LogP contribution in [-0.2, 0) is 6.42 Å². The van der Waals surface area contributed by atoms with Gasteiger partial charge in [0.25, 0.3) is 0 Å². The second-order valence-electron chi connectivity index (χ2n) is 7.04. The van der Waals surface area contributed by atoms with Gasteiger partial charge >= 0.3 is 0 Å². The smallest absolute Gasteiger partial charge is 0.137 e. The van der Waals surface area contributed by atoms with Crippen molar-refractivity contribution in [1.82, 2.24) is 10.2 Å². The predicted molar refractivity (Wildman–Crippen MR) is 150 cm³/mol. The minimum Gasteiger partial charge on any atom is -0.507 e. The van der Waals surface area contributed by atoms with Gasteiger partial charge in [0, 0.05) is 11.6 Å². The molecular formula is C29H41ClN2O3. The van der Waals surface area contributed by atoms with Crippen molar-refractivity contribution in [3.63, 3.8) is 0 Å². The van der Waals surface area contributed by atoms with Gasteiger partial charge in [-0.1, -0.05) is 75.2 Å². The summed E-state index contributed by atoms with van der Waals surface area (Å²) in [4.78, 5) is 0. The summed E-state index contributed by atoms with van der Waals surface area (Å²) in [6.45, 7) is 16.8. The maximum atomic E-state index is 9.65. The van der Waals surface area contributed by atoms with E-state index in [9.17, 15) is 10.2 Å². The number of nitrogens with one attached hydrogen (secondary N) is 1. The Hall–Kier alpha value is -3.18. The van der Waals surface area contributed by atoms with Gasteiger partial charge in [-0.15, -0.1) is 0 Å². The summed E-state index contributed by atoms with van der Waals surface area (Å²) in [5.41, 5.74) is 4.75. The van der Waals surface area contributed by atoms with E-state index >= 15 is 0 Å². The van der Waals surface area contributed by atoms with Crippen molar-refractivity contribution < 1.29 is 14.9 Å². The van der Waals surface area contributed by atoms with Crippen molar-refractivity contribution in [2.75, 3.05) is 6.61 Å². The molecule has 0 saturated heterocycles. The van der Waals surface area contributed by atoms with Crippen LogP contribution < -0.4 is 4.74 Å². The van der Waals surface area contributed by atoms with Crippen LogP contribution in [0.5, 0.6) is 17.2 Å². The lowest BCUT2D eigenvalue weighted by Crippen LogP contribution is -1.93. The summed E-state index contributed by atoms with van der Waals surface area (Å²) >= 11 is 5.76. The van der Waals surface area contributed by atoms with E-state index in [0.717, 1.165) is 24.3 Å². The SMILES string of the molecule is C/C=C\C=C(/C)Cc1cccc(OCC)c1.CC.CC.Cc1cn[nH]c1-c1cc(Cl)c(O)cc1O. The van der Waals surface area contributed by atoms with E-state index in [1.165, 1.54) is 23.3 Å². The molecule has 1 aromatic heterocycles. The van der Waals surface area contributed by atoms with E-state index in [4.69, 9.17) is 16.3 Å². The van der Waals surface area contributed by atoms with Gasteiger partial charge in [0.15, 0.2) is 0 Å². The Kier molecular flexibility index (Phi) is 16.5. The van der Waals surface area contributed by atoms with Crippen molar-refractivity contribution in [3.8, 4) is 28.5 Å². The molecule has 0 unspecified atom stereocenters. The Morgan fingerprint density at radius 3 is 2.34 bits per heavy atom. The quantitative estimate of drug-likeness (QED) is 0.296. The zero-order chi connectivity index (χ0) is 26.8. The fourth-order valence-electron chi connectivity index (χ4n) is 2.92. The molecule has 0 aliphatic rings. The highest BCUT2D eigenvalue weighted by molar-refractivity contribution is 6.32. The molecule has 0 radical (unpaired) electrons. The van der Waals surface area contributed by atoms with Gasteiger partial charge < -0.3 is 14.9 Å². The number of hydrogen-bond acceptors (Lipinski definition) is 4. The molecule has 0 spiro atoms. The Morgan fingerprint density at radius 2 is 1.77 bits per heavy atom. The molecule has 3 aromatic rings. The minimum absolute atomic E-state index is 0.0377. The third kappa shape index (κ3) is 11.2. The number of aromatic hydroxyl groups is 2.